The molecule has 0 saturated heterocycles. The van der Waals surface area contributed by atoms with E-state index < -0.39 is 0 Å². The summed E-state index contributed by atoms with van der Waals surface area (Å²) in [5.74, 6) is 0. The van der Waals surface area contributed by atoms with Gasteiger partial charge in [0, 0.05) is 33.7 Å². The summed E-state index contributed by atoms with van der Waals surface area (Å²) in [4.78, 5) is 5.25. The van der Waals surface area contributed by atoms with Crippen LogP contribution in [0.3, 0.4) is 0 Å². The molecule has 0 fully saturated rings. The lowest BCUT2D eigenvalue weighted by molar-refractivity contribution is 1.37. The van der Waals surface area contributed by atoms with Crippen LogP contribution in [-0.2, 0) is 0 Å². The maximum atomic E-state index is 5.25. The minimum absolute atomic E-state index is 0.920. The van der Waals surface area contributed by atoms with Gasteiger partial charge >= 0.3 is 0 Å². The summed E-state index contributed by atoms with van der Waals surface area (Å²) in [5, 5.41) is 3.77. The van der Waals surface area contributed by atoms with Gasteiger partial charge in [-0.05, 0) is 42.2 Å². The van der Waals surface area contributed by atoms with E-state index in [1.54, 1.807) is 0 Å². The van der Waals surface area contributed by atoms with Gasteiger partial charge in [-0.1, -0.05) is 158 Å². The van der Waals surface area contributed by atoms with Crippen LogP contribution in [-0.4, -0.2) is 5.71 Å². The van der Waals surface area contributed by atoms with Gasteiger partial charge in [0.2, 0.25) is 0 Å². The van der Waals surface area contributed by atoms with E-state index in [0.717, 1.165) is 56.2 Å². The molecule has 0 bridgehead atoms. The zero-order chi connectivity index (χ0) is 29.4. The number of nitrogens with zero attached hydrogens (tertiary/aromatic N) is 1. The van der Waals surface area contributed by atoms with Gasteiger partial charge in [-0.3, -0.25) is 4.99 Å². The largest absolute Gasteiger partial charge is 0.358 e. The monoisotopic (exact) mass is 554 g/mol. The Bertz CT molecular complexity index is 1760. The molecule has 0 heterocycles. The Hall–Kier alpha value is -5.47. The molecule has 0 radical (unpaired) electrons. The molecule has 0 aliphatic rings. The number of allylic oxidation sites excluding steroid dienone is 2. The quantitative estimate of drug-likeness (QED) is 0.186. The van der Waals surface area contributed by atoms with E-state index in [1.165, 1.54) is 11.1 Å². The molecule has 2 nitrogen and oxygen atoms in total. The third kappa shape index (κ3) is 6.39. The van der Waals surface area contributed by atoms with Crippen molar-refractivity contribution in [3.8, 4) is 44.5 Å². The summed E-state index contributed by atoms with van der Waals surface area (Å²) in [6.07, 6.45) is 2.13. The molecule has 6 aromatic carbocycles. The Labute approximate surface area is 254 Å². The van der Waals surface area contributed by atoms with Gasteiger partial charge < -0.3 is 5.32 Å². The molecule has 0 unspecified atom stereocenters. The van der Waals surface area contributed by atoms with E-state index in [1.807, 2.05) is 12.1 Å². The molecule has 0 aromatic heterocycles. The van der Waals surface area contributed by atoms with Gasteiger partial charge in [0.05, 0.1) is 11.4 Å². The predicted octanol–water partition coefficient (Wildman–Crippen LogP) is 11.5. The Morgan fingerprint density at radius 2 is 0.791 bits per heavy atom. The molecule has 208 valence electrons. The van der Waals surface area contributed by atoms with Crippen molar-refractivity contribution in [3.63, 3.8) is 0 Å². The van der Waals surface area contributed by atoms with E-state index >= 15 is 0 Å². The molecule has 2 heteroatoms. The van der Waals surface area contributed by atoms with Crippen LogP contribution in [0.15, 0.2) is 174 Å². The minimum Gasteiger partial charge on any atom is -0.358 e. The number of nitrogens with one attached hydrogen (secondary N) is 1. The number of hydrogen-bond acceptors (Lipinski definition) is 2. The molecule has 0 amide bonds. The molecule has 0 saturated carbocycles. The lowest BCUT2D eigenvalue weighted by atomic mass is 9.95. The standard InChI is InChI=1S/C41H34N2/c1-30(42-40-36(32-17-7-3-8-18-32)25-15-26-37(40)33-19-9-4-10-20-33)29-31(2)43-41-38(34-21-11-5-12-22-34)27-16-28-39(41)35-23-13-6-14-24-35/h3-29,42H,1-2H3/b30-29+,43-31?. The summed E-state index contributed by atoms with van der Waals surface area (Å²) in [6.45, 7) is 4.18. The van der Waals surface area contributed by atoms with Crippen molar-refractivity contribution < 1.29 is 0 Å². The van der Waals surface area contributed by atoms with Crippen molar-refractivity contribution in [3.05, 3.63) is 169 Å². The first kappa shape index (κ1) is 27.7. The fourth-order valence-electron chi connectivity index (χ4n) is 5.52. The molecule has 0 spiro atoms. The number of aliphatic imine (C=N–C) groups is 1. The highest BCUT2D eigenvalue weighted by molar-refractivity contribution is 6.00. The average Bonchev–Trinajstić information content (AvgIpc) is 3.06. The normalized spacial score (nSPS) is 11.8. The van der Waals surface area contributed by atoms with Crippen LogP contribution in [0.5, 0.6) is 0 Å². The first-order valence-corrected chi connectivity index (χ1v) is 14.7. The highest BCUT2D eigenvalue weighted by Crippen LogP contribution is 2.40. The smallest absolute Gasteiger partial charge is 0.0789 e. The molecule has 1 N–H and O–H groups in total. The second kappa shape index (κ2) is 13.0. The first-order valence-electron chi connectivity index (χ1n) is 14.7. The van der Waals surface area contributed by atoms with E-state index in [9.17, 15) is 0 Å². The Morgan fingerprint density at radius 1 is 0.442 bits per heavy atom. The van der Waals surface area contributed by atoms with Crippen LogP contribution in [0.4, 0.5) is 11.4 Å². The molecule has 6 rings (SSSR count). The molecule has 43 heavy (non-hydrogen) atoms. The lowest BCUT2D eigenvalue weighted by Gasteiger charge is -2.18. The Kier molecular flexibility index (Phi) is 8.38. The maximum Gasteiger partial charge on any atom is 0.0789 e. The predicted molar refractivity (Wildman–Crippen MR) is 185 cm³/mol. The first-order chi connectivity index (χ1) is 21.2. The van der Waals surface area contributed by atoms with Gasteiger partial charge in [0.1, 0.15) is 0 Å². The van der Waals surface area contributed by atoms with E-state index in [0.29, 0.717) is 0 Å². The average molecular weight is 555 g/mol. The zero-order valence-corrected chi connectivity index (χ0v) is 24.5. The highest BCUT2D eigenvalue weighted by atomic mass is 14.9. The van der Waals surface area contributed by atoms with Gasteiger partial charge in [-0.25, -0.2) is 0 Å². The van der Waals surface area contributed by atoms with Gasteiger partial charge in [0.15, 0.2) is 0 Å². The fourth-order valence-corrected chi connectivity index (χ4v) is 5.52. The molecular formula is C41H34N2. The minimum atomic E-state index is 0.920. The van der Waals surface area contributed by atoms with Crippen molar-refractivity contribution in [1.29, 1.82) is 0 Å². The van der Waals surface area contributed by atoms with Crippen molar-refractivity contribution in [2.45, 2.75) is 13.8 Å². The maximum absolute atomic E-state index is 5.25. The SMILES string of the molecule is CC(/C=C(\C)Nc1c(-c2ccccc2)cccc1-c1ccccc1)=Nc1c(-c2ccccc2)cccc1-c1ccccc1. The van der Waals surface area contributed by atoms with Crippen LogP contribution in [0.1, 0.15) is 13.8 Å². The van der Waals surface area contributed by atoms with Gasteiger partial charge in [-0.2, -0.15) is 0 Å². The van der Waals surface area contributed by atoms with Gasteiger partial charge in [0.25, 0.3) is 0 Å². The highest BCUT2D eigenvalue weighted by Gasteiger charge is 2.14. The topological polar surface area (TPSA) is 24.4 Å². The van der Waals surface area contributed by atoms with E-state index in [-0.39, 0.29) is 0 Å². The number of hydrogen-bond donors (Lipinski definition) is 1. The van der Waals surface area contributed by atoms with Crippen molar-refractivity contribution in [2.24, 2.45) is 4.99 Å². The third-order valence-electron chi connectivity index (χ3n) is 7.48. The zero-order valence-electron chi connectivity index (χ0n) is 24.5. The van der Waals surface area contributed by atoms with Crippen LogP contribution in [0, 0.1) is 0 Å². The Morgan fingerprint density at radius 3 is 1.19 bits per heavy atom. The second-order valence-electron chi connectivity index (χ2n) is 10.6. The molecule has 0 aliphatic carbocycles. The van der Waals surface area contributed by atoms with Gasteiger partial charge in [-0.15, -0.1) is 0 Å². The molecule has 0 atom stereocenters. The van der Waals surface area contributed by atoms with Crippen LogP contribution in [0.25, 0.3) is 44.5 Å². The van der Waals surface area contributed by atoms with Crippen LogP contribution >= 0.6 is 0 Å². The van der Waals surface area contributed by atoms with Crippen molar-refractivity contribution >= 4 is 17.1 Å². The van der Waals surface area contributed by atoms with E-state index in [2.05, 4.69) is 171 Å². The summed E-state index contributed by atoms with van der Waals surface area (Å²) in [7, 11) is 0. The number of rotatable bonds is 8. The number of anilines is 1. The van der Waals surface area contributed by atoms with Crippen LogP contribution in [0.2, 0.25) is 0 Å². The Balaban J connectivity index is 1.43. The molecular weight excluding hydrogens is 520 g/mol. The summed E-state index contributed by atoms with van der Waals surface area (Å²) >= 11 is 0. The molecule has 6 aromatic rings. The summed E-state index contributed by atoms with van der Waals surface area (Å²) in [5.41, 5.74) is 13.2. The van der Waals surface area contributed by atoms with E-state index in [4.69, 9.17) is 4.99 Å². The fraction of sp³-hybridized carbons (Fsp3) is 0.0488. The summed E-state index contributed by atoms with van der Waals surface area (Å²) < 4.78 is 0. The van der Waals surface area contributed by atoms with Crippen molar-refractivity contribution in [1.82, 2.24) is 0 Å². The second-order valence-corrected chi connectivity index (χ2v) is 10.6. The lowest BCUT2D eigenvalue weighted by Crippen LogP contribution is -2.02. The number of para-hydroxylation sites is 2. The number of benzene rings is 6. The van der Waals surface area contributed by atoms with Crippen molar-refractivity contribution in [2.75, 3.05) is 5.32 Å². The summed E-state index contributed by atoms with van der Waals surface area (Å²) in [6, 6.07) is 55.0. The third-order valence-corrected chi connectivity index (χ3v) is 7.48. The molecule has 0 aliphatic heterocycles. The van der Waals surface area contributed by atoms with Crippen LogP contribution < -0.4 is 5.32 Å².